The number of nitrogens with zero attached hydrogens (tertiary/aromatic N) is 3. The van der Waals surface area contributed by atoms with E-state index in [2.05, 4.69) is 22.3 Å². The minimum absolute atomic E-state index is 0.0383. The first-order valence-corrected chi connectivity index (χ1v) is 11.4. The van der Waals surface area contributed by atoms with Gasteiger partial charge in [-0.05, 0) is 56.9 Å². The number of carbonyl (C=O) groups is 1. The number of carbonyl (C=O) groups excluding carboxylic acids is 1. The van der Waals surface area contributed by atoms with Gasteiger partial charge in [-0.1, -0.05) is 36.8 Å². The molecule has 2 saturated carbocycles. The highest BCUT2D eigenvalue weighted by Crippen LogP contribution is 2.49. The molecule has 32 heavy (non-hydrogen) atoms. The first-order valence-electron chi connectivity index (χ1n) is 11.4. The van der Waals surface area contributed by atoms with E-state index in [9.17, 15) is 13.6 Å². The predicted molar refractivity (Wildman–Crippen MR) is 119 cm³/mol. The van der Waals surface area contributed by atoms with Gasteiger partial charge in [0.25, 0.3) is 6.43 Å². The summed E-state index contributed by atoms with van der Waals surface area (Å²) in [6.07, 6.45) is 2.40. The SMILES string of the molecule is Cc1nn(CC(=O)NC(C)C2CC3CCC2C3)c2nc(-c3ccccc3)cc(C(F)F)c12. The minimum atomic E-state index is -2.66. The van der Waals surface area contributed by atoms with Crippen LogP contribution < -0.4 is 5.32 Å². The maximum atomic E-state index is 13.9. The van der Waals surface area contributed by atoms with Crippen molar-refractivity contribution in [2.75, 3.05) is 0 Å². The largest absolute Gasteiger partial charge is 0.352 e. The summed E-state index contributed by atoms with van der Waals surface area (Å²) in [4.78, 5) is 17.5. The van der Waals surface area contributed by atoms with Crippen molar-refractivity contribution in [2.45, 2.75) is 58.5 Å². The molecule has 4 atom stereocenters. The number of nitrogens with one attached hydrogen (secondary N) is 1. The van der Waals surface area contributed by atoms with Crippen LogP contribution in [-0.4, -0.2) is 26.7 Å². The zero-order valence-corrected chi connectivity index (χ0v) is 18.4. The number of rotatable bonds is 6. The van der Waals surface area contributed by atoms with E-state index in [-0.39, 0.29) is 24.1 Å². The van der Waals surface area contributed by atoms with Gasteiger partial charge < -0.3 is 5.32 Å². The Kier molecular flexibility index (Phi) is 5.43. The molecule has 2 bridgehead atoms. The van der Waals surface area contributed by atoms with Crippen molar-refractivity contribution >= 4 is 16.9 Å². The quantitative estimate of drug-likeness (QED) is 0.569. The lowest BCUT2D eigenvalue weighted by Crippen LogP contribution is -2.41. The van der Waals surface area contributed by atoms with Gasteiger partial charge in [0.05, 0.1) is 16.8 Å². The molecule has 168 valence electrons. The van der Waals surface area contributed by atoms with E-state index in [1.807, 2.05) is 30.3 Å². The lowest BCUT2D eigenvalue weighted by Gasteiger charge is -2.28. The van der Waals surface area contributed by atoms with E-state index in [1.54, 1.807) is 6.92 Å². The second-order valence-electron chi connectivity index (χ2n) is 9.40. The maximum absolute atomic E-state index is 13.9. The lowest BCUT2D eigenvalue weighted by molar-refractivity contribution is -0.122. The Labute approximate surface area is 186 Å². The van der Waals surface area contributed by atoms with Crippen LogP contribution in [0.1, 0.15) is 50.3 Å². The first-order chi connectivity index (χ1) is 15.4. The smallest absolute Gasteiger partial charge is 0.264 e. The highest BCUT2D eigenvalue weighted by molar-refractivity contribution is 5.87. The molecule has 7 heteroatoms. The van der Waals surface area contributed by atoms with Crippen LogP contribution in [0.4, 0.5) is 8.78 Å². The van der Waals surface area contributed by atoms with Gasteiger partial charge in [0.1, 0.15) is 6.54 Å². The first kappa shape index (κ1) is 21.0. The van der Waals surface area contributed by atoms with Crippen LogP contribution in [0, 0.1) is 24.7 Å². The third kappa shape index (κ3) is 3.78. The zero-order chi connectivity index (χ0) is 22.4. The second kappa shape index (κ2) is 8.26. The van der Waals surface area contributed by atoms with Gasteiger partial charge in [0.15, 0.2) is 5.65 Å². The third-order valence-electron chi connectivity index (χ3n) is 7.33. The average molecular weight is 439 g/mol. The Balaban J connectivity index is 1.43. The summed E-state index contributed by atoms with van der Waals surface area (Å²) in [5.41, 5.74) is 1.87. The molecule has 0 radical (unpaired) electrons. The second-order valence-corrected chi connectivity index (χ2v) is 9.40. The summed E-state index contributed by atoms with van der Waals surface area (Å²) >= 11 is 0. The topological polar surface area (TPSA) is 59.8 Å². The number of benzene rings is 1. The van der Waals surface area contributed by atoms with E-state index in [0.29, 0.717) is 34.3 Å². The number of amides is 1. The Morgan fingerprint density at radius 3 is 2.66 bits per heavy atom. The van der Waals surface area contributed by atoms with Gasteiger partial charge in [-0.15, -0.1) is 0 Å². The molecule has 1 N–H and O–H groups in total. The highest BCUT2D eigenvalue weighted by atomic mass is 19.3. The van der Waals surface area contributed by atoms with Crippen LogP contribution in [0.3, 0.4) is 0 Å². The number of alkyl halides is 2. The van der Waals surface area contributed by atoms with Crippen LogP contribution in [0.2, 0.25) is 0 Å². The van der Waals surface area contributed by atoms with Crippen LogP contribution in [-0.2, 0) is 11.3 Å². The summed E-state index contributed by atoms with van der Waals surface area (Å²) in [5, 5.41) is 7.88. The van der Waals surface area contributed by atoms with Crippen molar-refractivity contribution in [1.29, 1.82) is 0 Å². The van der Waals surface area contributed by atoms with Crippen molar-refractivity contribution in [3.05, 3.63) is 47.7 Å². The molecule has 1 amide bonds. The summed E-state index contributed by atoms with van der Waals surface area (Å²) < 4.78 is 29.3. The van der Waals surface area contributed by atoms with Crippen LogP contribution >= 0.6 is 0 Å². The predicted octanol–water partition coefficient (Wildman–Crippen LogP) is 5.29. The Hall–Kier alpha value is -2.83. The van der Waals surface area contributed by atoms with E-state index in [1.165, 1.54) is 36.4 Å². The molecule has 2 aromatic heterocycles. The van der Waals surface area contributed by atoms with Gasteiger partial charge in [-0.2, -0.15) is 5.10 Å². The normalized spacial score (nSPS) is 23.2. The van der Waals surface area contributed by atoms with E-state index in [0.717, 1.165) is 11.5 Å². The van der Waals surface area contributed by atoms with Gasteiger partial charge in [0.2, 0.25) is 5.91 Å². The molecule has 4 unspecified atom stereocenters. The molecule has 5 nitrogen and oxygen atoms in total. The maximum Gasteiger partial charge on any atom is 0.264 e. The van der Waals surface area contributed by atoms with Gasteiger partial charge in [-0.25, -0.2) is 18.4 Å². The standard InChI is InChI=1S/C25H28F2N4O/c1-14(19-11-16-8-9-18(19)10-16)28-22(32)13-31-25-23(15(2)30-31)20(24(26)27)12-21(29-25)17-6-4-3-5-7-17/h3-7,12,14,16,18-19,24H,8-11,13H2,1-2H3,(H,28,32). The minimum Gasteiger partial charge on any atom is -0.352 e. The fraction of sp³-hybridized carbons (Fsp3) is 0.480. The summed E-state index contributed by atoms with van der Waals surface area (Å²) in [6.45, 7) is 3.73. The highest BCUT2D eigenvalue weighted by Gasteiger charge is 2.42. The number of hydrogen-bond acceptors (Lipinski definition) is 3. The van der Waals surface area contributed by atoms with Crippen LogP contribution in [0.15, 0.2) is 36.4 Å². The fourth-order valence-corrected chi connectivity index (χ4v) is 5.87. The molecule has 5 rings (SSSR count). The molecular formula is C25H28F2N4O. The molecule has 0 spiro atoms. The summed E-state index contributed by atoms with van der Waals surface area (Å²) in [5.74, 6) is 1.90. The van der Waals surface area contributed by atoms with Crippen molar-refractivity contribution in [2.24, 2.45) is 17.8 Å². The Morgan fingerprint density at radius 1 is 1.22 bits per heavy atom. The fourth-order valence-electron chi connectivity index (χ4n) is 5.87. The molecule has 2 aliphatic carbocycles. The summed E-state index contributed by atoms with van der Waals surface area (Å²) in [6, 6.07) is 10.8. The number of pyridine rings is 1. The van der Waals surface area contributed by atoms with Crippen LogP contribution in [0.25, 0.3) is 22.3 Å². The van der Waals surface area contributed by atoms with Crippen LogP contribution in [0.5, 0.6) is 0 Å². The van der Waals surface area contributed by atoms with E-state index in [4.69, 9.17) is 0 Å². The average Bonchev–Trinajstić information content (AvgIpc) is 3.49. The van der Waals surface area contributed by atoms with Gasteiger partial charge >= 0.3 is 0 Å². The Morgan fingerprint density at radius 2 is 2.00 bits per heavy atom. The van der Waals surface area contributed by atoms with Crippen molar-refractivity contribution in [3.8, 4) is 11.3 Å². The van der Waals surface area contributed by atoms with Gasteiger partial charge in [0, 0.05) is 17.2 Å². The Bertz CT molecular complexity index is 1140. The molecule has 0 aliphatic heterocycles. The molecular weight excluding hydrogens is 410 g/mol. The molecule has 2 fully saturated rings. The number of aromatic nitrogens is 3. The molecule has 2 heterocycles. The van der Waals surface area contributed by atoms with Crippen molar-refractivity contribution in [3.63, 3.8) is 0 Å². The van der Waals surface area contributed by atoms with Gasteiger partial charge in [-0.3, -0.25) is 4.79 Å². The third-order valence-corrected chi connectivity index (χ3v) is 7.33. The number of halogens is 2. The molecule has 3 aromatic rings. The van der Waals surface area contributed by atoms with E-state index < -0.39 is 6.43 Å². The van der Waals surface area contributed by atoms with Crippen molar-refractivity contribution in [1.82, 2.24) is 20.1 Å². The molecule has 0 saturated heterocycles. The number of hydrogen-bond donors (Lipinski definition) is 1. The van der Waals surface area contributed by atoms with E-state index >= 15 is 0 Å². The van der Waals surface area contributed by atoms with Crippen molar-refractivity contribution < 1.29 is 13.6 Å². The lowest BCUT2D eigenvalue weighted by atomic mass is 9.84. The number of aryl methyl sites for hydroxylation is 1. The molecule has 1 aromatic carbocycles. The summed E-state index contributed by atoms with van der Waals surface area (Å²) in [7, 11) is 0. The molecule has 2 aliphatic rings. The zero-order valence-electron chi connectivity index (χ0n) is 18.4. The number of fused-ring (bicyclic) bond motifs is 3. The monoisotopic (exact) mass is 438 g/mol.